The number of carbonyl (C=O) groups is 1. The van der Waals surface area contributed by atoms with E-state index in [1.165, 1.54) is 0 Å². The summed E-state index contributed by atoms with van der Waals surface area (Å²) in [4.78, 5) is 14.3. The van der Waals surface area contributed by atoms with Gasteiger partial charge in [-0.15, -0.1) is 0 Å². The average molecular weight is 257 g/mol. The third-order valence-electron chi connectivity index (χ3n) is 3.47. The summed E-state index contributed by atoms with van der Waals surface area (Å²) < 4.78 is 0. The maximum atomic E-state index is 12.5. The average Bonchev–Trinajstić information content (AvgIpc) is 2.47. The number of amides is 1. The minimum absolute atomic E-state index is 0.0136. The fourth-order valence-electron chi connectivity index (χ4n) is 2.37. The molecule has 0 unspecified atom stereocenters. The smallest absolute Gasteiger partial charge is 0.254 e. The molecule has 3 heteroatoms. The topological polar surface area (TPSA) is 40.5 Å². The summed E-state index contributed by atoms with van der Waals surface area (Å²) in [6.45, 7) is 5.34. The molecule has 0 bridgehead atoms. The number of benzene rings is 2. The van der Waals surface area contributed by atoms with Crippen LogP contribution in [0.5, 0.6) is 0 Å². The van der Waals surface area contributed by atoms with Crippen molar-refractivity contribution in [3.8, 4) is 0 Å². The molecule has 0 spiro atoms. The Kier molecular flexibility index (Phi) is 4.17. The molecule has 19 heavy (non-hydrogen) atoms. The first-order chi connectivity index (χ1) is 9.22. The lowest BCUT2D eigenvalue weighted by molar-refractivity contribution is 0.0775. The number of nitrogens with zero attached hydrogens (tertiary/aromatic N) is 1. The van der Waals surface area contributed by atoms with Crippen molar-refractivity contribution < 1.29 is 9.90 Å². The van der Waals surface area contributed by atoms with Crippen molar-refractivity contribution >= 4 is 16.7 Å². The second-order valence-electron chi connectivity index (χ2n) is 4.45. The van der Waals surface area contributed by atoms with Gasteiger partial charge >= 0.3 is 0 Å². The molecule has 0 aliphatic heterocycles. The van der Waals surface area contributed by atoms with Gasteiger partial charge in [0, 0.05) is 18.7 Å². The van der Waals surface area contributed by atoms with Crippen LogP contribution in [0.2, 0.25) is 0 Å². The molecule has 0 radical (unpaired) electrons. The highest BCUT2D eigenvalue weighted by molar-refractivity contribution is 6.07. The van der Waals surface area contributed by atoms with Gasteiger partial charge in [0.15, 0.2) is 0 Å². The Morgan fingerprint density at radius 1 is 1.05 bits per heavy atom. The van der Waals surface area contributed by atoms with Gasteiger partial charge in [-0.2, -0.15) is 0 Å². The van der Waals surface area contributed by atoms with Crippen molar-refractivity contribution in [2.75, 3.05) is 13.1 Å². The van der Waals surface area contributed by atoms with E-state index in [0.717, 1.165) is 16.3 Å². The Bertz CT molecular complexity index is 588. The molecule has 0 saturated carbocycles. The molecule has 0 aliphatic rings. The number of aliphatic hydroxyl groups is 1. The second-order valence-corrected chi connectivity index (χ2v) is 4.45. The summed E-state index contributed by atoms with van der Waals surface area (Å²) >= 11 is 0. The zero-order chi connectivity index (χ0) is 13.8. The second kappa shape index (κ2) is 5.85. The van der Waals surface area contributed by atoms with Crippen molar-refractivity contribution in [3.05, 3.63) is 47.5 Å². The standard InChI is InChI=1S/C16H19NO2/c1-3-17(4-2)16(19)15-10-9-12(11-18)13-7-5-6-8-14(13)15/h5-10,18H,3-4,11H2,1-2H3. The molecule has 100 valence electrons. The van der Waals surface area contributed by atoms with Crippen LogP contribution in [-0.4, -0.2) is 29.0 Å². The first-order valence-corrected chi connectivity index (χ1v) is 6.63. The van der Waals surface area contributed by atoms with Gasteiger partial charge in [0.2, 0.25) is 0 Å². The highest BCUT2D eigenvalue weighted by Crippen LogP contribution is 2.24. The van der Waals surface area contributed by atoms with Crippen LogP contribution in [0.3, 0.4) is 0 Å². The molecule has 0 aliphatic carbocycles. The van der Waals surface area contributed by atoms with Crippen molar-refractivity contribution in [1.82, 2.24) is 4.90 Å². The third-order valence-corrected chi connectivity index (χ3v) is 3.47. The Balaban J connectivity index is 2.59. The molecular formula is C16H19NO2. The molecule has 1 N–H and O–H groups in total. The quantitative estimate of drug-likeness (QED) is 0.915. The van der Waals surface area contributed by atoms with E-state index in [9.17, 15) is 9.90 Å². The summed E-state index contributed by atoms with van der Waals surface area (Å²) in [5, 5.41) is 11.2. The minimum Gasteiger partial charge on any atom is -0.392 e. The number of fused-ring (bicyclic) bond motifs is 1. The van der Waals surface area contributed by atoms with E-state index < -0.39 is 0 Å². The Labute approximate surface area is 113 Å². The summed E-state index contributed by atoms with van der Waals surface area (Å²) in [6, 6.07) is 11.4. The lowest BCUT2D eigenvalue weighted by atomic mass is 9.99. The lowest BCUT2D eigenvalue weighted by Gasteiger charge is -2.20. The van der Waals surface area contributed by atoms with E-state index in [-0.39, 0.29) is 12.5 Å². The Morgan fingerprint density at radius 3 is 2.26 bits per heavy atom. The number of aliphatic hydroxyl groups excluding tert-OH is 1. The molecule has 0 saturated heterocycles. The molecule has 0 atom stereocenters. The minimum atomic E-state index is -0.0136. The molecular weight excluding hydrogens is 238 g/mol. The normalized spacial score (nSPS) is 10.7. The molecule has 1 amide bonds. The fraction of sp³-hybridized carbons (Fsp3) is 0.312. The van der Waals surface area contributed by atoms with Crippen molar-refractivity contribution in [2.24, 2.45) is 0 Å². The first-order valence-electron chi connectivity index (χ1n) is 6.63. The Morgan fingerprint density at radius 2 is 1.68 bits per heavy atom. The predicted molar refractivity (Wildman–Crippen MR) is 77.1 cm³/mol. The summed E-state index contributed by atoms with van der Waals surface area (Å²) in [7, 11) is 0. The van der Waals surface area contributed by atoms with Gasteiger partial charge in [0.1, 0.15) is 0 Å². The van der Waals surface area contributed by atoms with E-state index in [2.05, 4.69) is 0 Å². The largest absolute Gasteiger partial charge is 0.392 e. The fourth-order valence-corrected chi connectivity index (χ4v) is 2.37. The SMILES string of the molecule is CCN(CC)C(=O)c1ccc(CO)c2ccccc12. The van der Waals surface area contributed by atoms with E-state index in [1.54, 1.807) is 4.90 Å². The van der Waals surface area contributed by atoms with Gasteiger partial charge in [-0.1, -0.05) is 30.3 Å². The highest BCUT2D eigenvalue weighted by atomic mass is 16.3. The van der Waals surface area contributed by atoms with Crippen LogP contribution in [0.25, 0.3) is 10.8 Å². The van der Waals surface area contributed by atoms with Crippen molar-refractivity contribution in [2.45, 2.75) is 20.5 Å². The maximum Gasteiger partial charge on any atom is 0.254 e. The van der Waals surface area contributed by atoms with Gasteiger partial charge in [-0.3, -0.25) is 4.79 Å². The van der Waals surface area contributed by atoms with Crippen LogP contribution in [-0.2, 0) is 6.61 Å². The number of hydrogen-bond acceptors (Lipinski definition) is 2. The molecule has 2 aromatic carbocycles. The van der Waals surface area contributed by atoms with Crippen molar-refractivity contribution in [3.63, 3.8) is 0 Å². The summed E-state index contributed by atoms with van der Waals surface area (Å²) in [5.41, 5.74) is 1.56. The molecule has 0 heterocycles. The molecule has 2 rings (SSSR count). The predicted octanol–water partition coefficient (Wildman–Crippen LogP) is 2.81. The third kappa shape index (κ3) is 2.47. The van der Waals surface area contributed by atoms with Gasteiger partial charge in [-0.05, 0) is 36.2 Å². The van der Waals surface area contributed by atoms with Gasteiger partial charge in [0.25, 0.3) is 5.91 Å². The highest BCUT2D eigenvalue weighted by Gasteiger charge is 2.16. The van der Waals surface area contributed by atoms with Crippen LogP contribution >= 0.6 is 0 Å². The van der Waals surface area contributed by atoms with E-state index >= 15 is 0 Å². The molecule has 3 nitrogen and oxygen atoms in total. The van der Waals surface area contributed by atoms with E-state index in [1.807, 2.05) is 50.2 Å². The first kappa shape index (κ1) is 13.6. The van der Waals surface area contributed by atoms with Crippen LogP contribution in [0.1, 0.15) is 29.8 Å². The van der Waals surface area contributed by atoms with Gasteiger partial charge in [-0.25, -0.2) is 0 Å². The molecule has 2 aromatic rings. The van der Waals surface area contributed by atoms with Crippen LogP contribution in [0.4, 0.5) is 0 Å². The van der Waals surface area contributed by atoms with E-state index in [4.69, 9.17) is 0 Å². The zero-order valence-corrected chi connectivity index (χ0v) is 11.4. The summed E-state index contributed by atoms with van der Waals surface area (Å²) in [5.74, 6) is 0.0469. The van der Waals surface area contributed by atoms with Gasteiger partial charge < -0.3 is 10.0 Å². The van der Waals surface area contributed by atoms with Crippen LogP contribution < -0.4 is 0 Å². The monoisotopic (exact) mass is 257 g/mol. The number of hydrogen-bond donors (Lipinski definition) is 1. The zero-order valence-electron chi connectivity index (χ0n) is 11.4. The lowest BCUT2D eigenvalue weighted by Crippen LogP contribution is -2.30. The maximum absolute atomic E-state index is 12.5. The van der Waals surface area contributed by atoms with Crippen LogP contribution in [0, 0.1) is 0 Å². The number of rotatable bonds is 4. The van der Waals surface area contributed by atoms with Gasteiger partial charge in [0.05, 0.1) is 6.61 Å². The Hall–Kier alpha value is -1.87. The molecule has 0 fully saturated rings. The van der Waals surface area contributed by atoms with Crippen molar-refractivity contribution in [1.29, 1.82) is 0 Å². The summed E-state index contributed by atoms with van der Waals surface area (Å²) in [6.07, 6.45) is 0. The van der Waals surface area contributed by atoms with E-state index in [0.29, 0.717) is 18.7 Å². The number of carbonyl (C=O) groups excluding carboxylic acids is 1. The molecule has 0 aromatic heterocycles. The van der Waals surface area contributed by atoms with Crippen LogP contribution in [0.15, 0.2) is 36.4 Å².